The number of nitrogens with zero attached hydrogens (tertiary/aromatic N) is 1. The number of hydrogen-bond acceptors (Lipinski definition) is 5. The van der Waals surface area contributed by atoms with E-state index in [0.29, 0.717) is 11.7 Å². The van der Waals surface area contributed by atoms with E-state index in [0.717, 1.165) is 7.05 Å². The van der Waals surface area contributed by atoms with Gasteiger partial charge in [0.2, 0.25) is 0 Å². The second-order valence-electron chi connectivity index (χ2n) is 2.31. The molecule has 0 bridgehead atoms. The molecule has 5 heteroatoms. The SMILES string of the molecule is CCOC(C)C(O)(O)N(C)O. The Bertz CT molecular complexity index is 115. The fourth-order valence-corrected chi connectivity index (χ4v) is 0.625. The molecule has 0 aliphatic rings. The first-order valence-electron chi connectivity index (χ1n) is 3.42. The average Bonchev–Trinajstić information content (AvgIpc) is 1.88. The Morgan fingerprint density at radius 2 is 2.00 bits per heavy atom. The summed E-state index contributed by atoms with van der Waals surface area (Å²) in [4.78, 5) is 0. The maximum absolute atomic E-state index is 9.10. The third-order valence-electron chi connectivity index (χ3n) is 1.44. The molecule has 0 radical (unpaired) electrons. The van der Waals surface area contributed by atoms with Gasteiger partial charge in [-0.05, 0) is 13.8 Å². The molecule has 0 saturated heterocycles. The Hall–Kier alpha value is -0.200. The normalized spacial score (nSPS) is 15.5. The summed E-state index contributed by atoms with van der Waals surface area (Å²) in [5.74, 6) is -2.32. The predicted octanol–water partition coefficient (Wildman–Crippen LogP) is -0.629. The molecule has 0 spiro atoms. The van der Waals surface area contributed by atoms with Gasteiger partial charge in [0.05, 0.1) is 0 Å². The highest BCUT2D eigenvalue weighted by atomic mass is 16.7. The van der Waals surface area contributed by atoms with Crippen molar-refractivity contribution >= 4 is 0 Å². The van der Waals surface area contributed by atoms with Crippen molar-refractivity contribution < 1.29 is 20.2 Å². The molecule has 0 aromatic heterocycles. The topological polar surface area (TPSA) is 73.2 Å². The minimum Gasteiger partial charge on any atom is -0.372 e. The molecule has 0 amide bonds. The highest BCUT2D eigenvalue weighted by Gasteiger charge is 2.35. The maximum atomic E-state index is 9.10. The highest BCUT2D eigenvalue weighted by molar-refractivity contribution is 4.66. The van der Waals surface area contributed by atoms with E-state index < -0.39 is 12.0 Å². The third-order valence-corrected chi connectivity index (χ3v) is 1.44. The van der Waals surface area contributed by atoms with Crippen molar-refractivity contribution in [3.05, 3.63) is 0 Å². The van der Waals surface area contributed by atoms with Crippen molar-refractivity contribution in [2.24, 2.45) is 0 Å². The zero-order valence-corrected chi connectivity index (χ0v) is 6.98. The van der Waals surface area contributed by atoms with Crippen LogP contribution in [0.15, 0.2) is 0 Å². The molecule has 0 aliphatic heterocycles. The summed E-state index contributed by atoms with van der Waals surface area (Å²) in [5, 5.41) is 27.2. The summed E-state index contributed by atoms with van der Waals surface area (Å²) in [6.45, 7) is 3.54. The molecule has 0 aromatic carbocycles. The molecule has 1 unspecified atom stereocenters. The van der Waals surface area contributed by atoms with Gasteiger partial charge in [0.15, 0.2) is 0 Å². The van der Waals surface area contributed by atoms with Gasteiger partial charge in [-0.2, -0.15) is 0 Å². The number of hydroxylamine groups is 2. The molecule has 0 fully saturated rings. The van der Waals surface area contributed by atoms with E-state index in [9.17, 15) is 0 Å². The summed E-state index contributed by atoms with van der Waals surface area (Å²) < 4.78 is 4.87. The smallest absolute Gasteiger partial charge is 0.274 e. The molecular weight excluding hydrogens is 150 g/mol. The van der Waals surface area contributed by atoms with Crippen LogP contribution in [-0.2, 0) is 4.74 Å². The molecule has 0 rings (SSSR count). The fourth-order valence-electron chi connectivity index (χ4n) is 0.625. The maximum Gasteiger partial charge on any atom is 0.274 e. The van der Waals surface area contributed by atoms with E-state index in [2.05, 4.69) is 0 Å². The largest absolute Gasteiger partial charge is 0.372 e. The monoisotopic (exact) mass is 165 g/mol. The summed E-state index contributed by atoms with van der Waals surface area (Å²) >= 11 is 0. The van der Waals surface area contributed by atoms with Crippen LogP contribution in [0.1, 0.15) is 13.8 Å². The van der Waals surface area contributed by atoms with Crippen LogP contribution in [0, 0.1) is 0 Å². The van der Waals surface area contributed by atoms with Gasteiger partial charge in [-0.25, -0.2) is 0 Å². The van der Waals surface area contributed by atoms with Crippen LogP contribution in [0.5, 0.6) is 0 Å². The zero-order valence-electron chi connectivity index (χ0n) is 6.98. The van der Waals surface area contributed by atoms with Gasteiger partial charge in [0.25, 0.3) is 5.91 Å². The number of likely N-dealkylation sites (N-methyl/N-ethyl adjacent to an activating group) is 1. The minimum absolute atomic E-state index is 0.299. The average molecular weight is 165 g/mol. The van der Waals surface area contributed by atoms with Crippen molar-refractivity contribution in [2.75, 3.05) is 13.7 Å². The number of aliphatic hydroxyl groups is 2. The molecule has 0 heterocycles. The number of ether oxygens (including phenoxy) is 1. The van der Waals surface area contributed by atoms with Gasteiger partial charge in [0.1, 0.15) is 6.10 Å². The quantitative estimate of drug-likeness (QED) is 0.382. The van der Waals surface area contributed by atoms with E-state index in [1.807, 2.05) is 0 Å². The van der Waals surface area contributed by atoms with Crippen LogP contribution in [0.2, 0.25) is 0 Å². The third kappa shape index (κ3) is 2.72. The van der Waals surface area contributed by atoms with Crippen LogP contribution in [0.4, 0.5) is 0 Å². The first-order valence-corrected chi connectivity index (χ1v) is 3.42. The van der Waals surface area contributed by atoms with Gasteiger partial charge in [-0.1, -0.05) is 0 Å². The summed E-state index contributed by atoms with van der Waals surface area (Å²) in [5.41, 5.74) is 0. The summed E-state index contributed by atoms with van der Waals surface area (Å²) in [7, 11) is 1.13. The second kappa shape index (κ2) is 3.99. The zero-order chi connectivity index (χ0) is 9.07. The first-order chi connectivity index (χ1) is 4.92. The van der Waals surface area contributed by atoms with E-state index in [1.54, 1.807) is 6.92 Å². The minimum atomic E-state index is -2.32. The molecule has 5 nitrogen and oxygen atoms in total. The van der Waals surface area contributed by atoms with Crippen molar-refractivity contribution in [2.45, 2.75) is 25.9 Å². The molecule has 68 valence electrons. The van der Waals surface area contributed by atoms with E-state index in [1.165, 1.54) is 6.92 Å². The Kier molecular flexibility index (Phi) is 3.91. The molecular formula is C6H15NO4. The van der Waals surface area contributed by atoms with Gasteiger partial charge in [-0.15, -0.1) is 5.06 Å². The van der Waals surface area contributed by atoms with Crippen molar-refractivity contribution in [3.8, 4) is 0 Å². The number of hydrogen-bond donors (Lipinski definition) is 3. The lowest BCUT2D eigenvalue weighted by atomic mass is 10.3. The lowest BCUT2D eigenvalue weighted by Crippen LogP contribution is -2.53. The Morgan fingerprint density at radius 1 is 1.55 bits per heavy atom. The molecule has 3 N–H and O–H groups in total. The van der Waals surface area contributed by atoms with Gasteiger partial charge < -0.3 is 20.2 Å². The Balaban J connectivity index is 4.05. The predicted molar refractivity (Wildman–Crippen MR) is 37.8 cm³/mol. The standard InChI is InChI=1S/C6H15NO4/c1-4-11-5(2)6(8,9)7(3)10/h5,8-10H,4H2,1-3H3. The first kappa shape index (κ1) is 10.8. The second-order valence-corrected chi connectivity index (χ2v) is 2.31. The van der Waals surface area contributed by atoms with Crippen LogP contribution < -0.4 is 0 Å². The van der Waals surface area contributed by atoms with E-state index in [4.69, 9.17) is 20.2 Å². The van der Waals surface area contributed by atoms with Crippen LogP contribution in [0.25, 0.3) is 0 Å². The van der Waals surface area contributed by atoms with Crippen LogP contribution in [-0.4, -0.2) is 46.2 Å². The Morgan fingerprint density at radius 3 is 2.27 bits per heavy atom. The van der Waals surface area contributed by atoms with Crippen molar-refractivity contribution in [1.82, 2.24) is 5.06 Å². The molecule has 1 atom stereocenters. The van der Waals surface area contributed by atoms with Crippen molar-refractivity contribution in [3.63, 3.8) is 0 Å². The summed E-state index contributed by atoms with van der Waals surface area (Å²) in [6.07, 6.45) is -0.859. The van der Waals surface area contributed by atoms with Crippen LogP contribution >= 0.6 is 0 Å². The molecule has 0 saturated carbocycles. The van der Waals surface area contributed by atoms with Gasteiger partial charge in [0, 0.05) is 13.7 Å². The Labute approximate surface area is 65.8 Å². The van der Waals surface area contributed by atoms with E-state index >= 15 is 0 Å². The molecule has 11 heavy (non-hydrogen) atoms. The fraction of sp³-hybridized carbons (Fsp3) is 1.00. The lowest BCUT2D eigenvalue weighted by molar-refractivity contribution is -0.384. The van der Waals surface area contributed by atoms with Gasteiger partial charge in [-0.3, -0.25) is 0 Å². The van der Waals surface area contributed by atoms with Crippen molar-refractivity contribution in [1.29, 1.82) is 0 Å². The van der Waals surface area contributed by atoms with Gasteiger partial charge >= 0.3 is 0 Å². The molecule has 0 aromatic rings. The van der Waals surface area contributed by atoms with E-state index in [-0.39, 0.29) is 0 Å². The number of rotatable bonds is 4. The summed E-state index contributed by atoms with van der Waals surface area (Å²) in [6, 6.07) is 0. The lowest BCUT2D eigenvalue weighted by Gasteiger charge is -2.31. The highest BCUT2D eigenvalue weighted by Crippen LogP contribution is 2.11. The van der Waals surface area contributed by atoms with Crippen LogP contribution in [0.3, 0.4) is 0 Å². The molecule has 0 aliphatic carbocycles.